The first kappa shape index (κ1) is 31.2. The topological polar surface area (TPSA) is 179 Å². The second-order valence-corrected chi connectivity index (χ2v) is 4.19. The van der Waals surface area contributed by atoms with Crippen molar-refractivity contribution in [1.29, 1.82) is 0 Å². The van der Waals surface area contributed by atoms with Gasteiger partial charge in [-0.15, -0.1) is 0 Å². The molecule has 20 heavy (non-hydrogen) atoms. The number of rotatable bonds is 7. The second kappa shape index (κ2) is 13.7. The summed E-state index contributed by atoms with van der Waals surface area (Å²) in [4.78, 5) is 48.5. The predicted octanol–water partition coefficient (Wildman–Crippen LogP) is -3.08. The fraction of sp³-hybridized carbons (Fsp3) is 0.500. The van der Waals surface area contributed by atoms with Crippen molar-refractivity contribution in [2.45, 2.75) is 18.4 Å². The van der Waals surface area contributed by atoms with Gasteiger partial charge in [-0.3, -0.25) is 14.1 Å². The van der Waals surface area contributed by atoms with Crippen LogP contribution in [0.5, 0.6) is 0 Å². The Morgan fingerprint density at radius 3 is 1.35 bits per heavy atom. The molecule has 0 aliphatic rings. The Balaban J connectivity index is -0.000000427. The molecule has 0 saturated heterocycles. The van der Waals surface area contributed by atoms with Gasteiger partial charge in [0.1, 0.15) is 0 Å². The summed E-state index contributed by atoms with van der Waals surface area (Å²) in [5.41, 5.74) is -3.02. The molecule has 0 aromatic heterocycles. The molecule has 0 aromatic carbocycles. The van der Waals surface area contributed by atoms with Crippen molar-refractivity contribution in [2.75, 3.05) is 0 Å². The average Bonchev–Trinajstić information content (AvgIpc) is 1.96. The van der Waals surface area contributed by atoms with E-state index in [0.717, 1.165) is 0 Å². The Hall–Kier alpha value is 3.43. The molecule has 5 N–H and O–H groups in total. The summed E-state index contributed by atoms with van der Waals surface area (Å²) >= 11 is 0. The number of aliphatic carboxylic acids is 3. The Morgan fingerprint density at radius 2 is 1.20 bits per heavy atom. The maximum atomic E-state index is 10.8. The summed E-state index contributed by atoms with van der Waals surface area (Å²) in [5.74, 6) is -5.64. The van der Waals surface area contributed by atoms with E-state index >= 15 is 0 Å². The van der Waals surface area contributed by atoms with Gasteiger partial charge in [-0.1, -0.05) is 0 Å². The van der Waals surface area contributed by atoms with Crippen LogP contribution in [0.2, 0.25) is 0 Å². The third-order valence-corrected chi connectivity index (χ3v) is 2.14. The van der Waals surface area contributed by atoms with Gasteiger partial charge in [0, 0.05) is 0 Å². The van der Waals surface area contributed by atoms with Crippen LogP contribution >= 0.6 is 7.82 Å². The monoisotopic (exact) mass is 392 g/mol. The van der Waals surface area contributed by atoms with Gasteiger partial charge < -0.3 is 25.1 Å². The molecule has 0 amide bonds. The maximum absolute atomic E-state index is 10.8. The van der Waals surface area contributed by atoms with Gasteiger partial charge in [-0.2, -0.15) is 0 Å². The summed E-state index contributed by atoms with van der Waals surface area (Å²) in [7, 11) is -5.36. The molecule has 0 heterocycles. The van der Waals surface area contributed by atoms with Crippen LogP contribution in [0.3, 0.4) is 0 Å². The van der Waals surface area contributed by atoms with Gasteiger partial charge >= 0.3 is 180 Å². The number of carbonyl (C=O) groups is 3. The van der Waals surface area contributed by atoms with E-state index in [2.05, 4.69) is 4.52 Å². The molecule has 0 spiro atoms. The molecule has 0 saturated carbocycles. The standard InChI is InChI=1S/C6H9O10P.3K.3H/c7-3(8)1-6(5(11)12,2-4(9)10)16-17(13,14)15;;;;;;/h1-2H2,(H,7,8)(H,9,10)(H,11,12)(H2,13,14,15);;;;;;. The van der Waals surface area contributed by atoms with Crippen LogP contribution in [0.1, 0.15) is 12.8 Å². The fourth-order valence-electron chi connectivity index (χ4n) is 1.03. The van der Waals surface area contributed by atoms with Crippen molar-refractivity contribution in [3.8, 4) is 0 Å². The van der Waals surface area contributed by atoms with Crippen LogP contribution in [0.25, 0.3) is 0 Å². The zero-order chi connectivity index (χ0) is 13.9. The molecule has 14 heteroatoms. The van der Waals surface area contributed by atoms with E-state index in [1.54, 1.807) is 0 Å². The Labute approximate surface area is 240 Å². The molecular weight excluding hydrogens is 380 g/mol. The fourth-order valence-corrected chi connectivity index (χ4v) is 1.70. The van der Waals surface area contributed by atoms with E-state index in [1.807, 2.05) is 0 Å². The molecule has 0 atom stereocenters. The van der Waals surface area contributed by atoms with Gasteiger partial charge in [0.05, 0.1) is 12.8 Å². The van der Waals surface area contributed by atoms with Gasteiger partial charge in [0.25, 0.3) is 0 Å². The SMILES string of the molecule is O=C(O)CC(CC(=O)O)(OP(=O)(O)O)C(=O)O.[KH].[KH].[KH]. The zero-order valence-electron chi connectivity index (χ0n) is 8.14. The molecular formula is C6H12K3O10P. The average molecular weight is 392 g/mol. The first-order chi connectivity index (χ1) is 7.48. The minimum atomic E-state index is -5.36. The van der Waals surface area contributed by atoms with Crippen molar-refractivity contribution in [3.05, 3.63) is 0 Å². The van der Waals surface area contributed by atoms with Crippen LogP contribution in [0, 0.1) is 0 Å². The summed E-state index contributed by atoms with van der Waals surface area (Å²) < 4.78 is 14.4. The van der Waals surface area contributed by atoms with Crippen molar-refractivity contribution < 1.29 is 48.6 Å². The van der Waals surface area contributed by atoms with Crippen LogP contribution in [0.4, 0.5) is 0 Å². The van der Waals surface area contributed by atoms with Gasteiger partial charge in [-0.05, 0) is 0 Å². The third-order valence-electron chi connectivity index (χ3n) is 1.56. The van der Waals surface area contributed by atoms with Crippen molar-refractivity contribution in [3.63, 3.8) is 0 Å². The molecule has 0 aromatic rings. The number of phosphoric ester groups is 1. The molecule has 0 aliphatic carbocycles. The van der Waals surface area contributed by atoms with E-state index in [4.69, 9.17) is 25.1 Å². The van der Waals surface area contributed by atoms with E-state index < -0.39 is 44.2 Å². The number of carboxylic acids is 3. The molecule has 0 radical (unpaired) electrons. The van der Waals surface area contributed by atoms with Crippen LogP contribution in [-0.2, 0) is 23.5 Å². The molecule has 0 fully saturated rings. The first-order valence-electron chi connectivity index (χ1n) is 3.92. The first-order valence-corrected chi connectivity index (χ1v) is 5.45. The van der Waals surface area contributed by atoms with E-state index in [0.29, 0.717) is 0 Å². The predicted molar refractivity (Wildman–Crippen MR) is 69.4 cm³/mol. The van der Waals surface area contributed by atoms with E-state index in [-0.39, 0.29) is 154 Å². The van der Waals surface area contributed by atoms with Gasteiger partial charge in [-0.25, -0.2) is 9.36 Å². The summed E-state index contributed by atoms with van der Waals surface area (Å²) in [5, 5.41) is 25.5. The number of hydrogen-bond acceptors (Lipinski definition) is 5. The van der Waals surface area contributed by atoms with Crippen molar-refractivity contribution >= 4 is 180 Å². The Morgan fingerprint density at radius 1 is 0.900 bits per heavy atom. The molecule has 0 bridgehead atoms. The van der Waals surface area contributed by atoms with E-state index in [9.17, 15) is 18.9 Å². The summed E-state index contributed by atoms with van der Waals surface area (Å²) in [6.45, 7) is 0. The van der Waals surface area contributed by atoms with Crippen LogP contribution in [-0.4, -0.2) is 203 Å². The van der Waals surface area contributed by atoms with Crippen LogP contribution < -0.4 is 0 Å². The van der Waals surface area contributed by atoms with E-state index in [1.165, 1.54) is 0 Å². The van der Waals surface area contributed by atoms with Gasteiger partial charge in [0.15, 0.2) is 5.60 Å². The number of carboxylic acid groups (broad SMARTS) is 3. The van der Waals surface area contributed by atoms with Crippen molar-refractivity contribution in [1.82, 2.24) is 0 Å². The number of phosphoric acid groups is 1. The Kier molecular flexibility index (Phi) is 21.4. The Bertz CT molecular complexity index is 376. The second-order valence-electron chi connectivity index (χ2n) is 3.02. The third kappa shape index (κ3) is 13.8. The van der Waals surface area contributed by atoms with Crippen LogP contribution in [0.15, 0.2) is 0 Å². The van der Waals surface area contributed by atoms with Crippen molar-refractivity contribution in [2.24, 2.45) is 0 Å². The normalized spacial score (nSPS) is 10.3. The molecule has 10 nitrogen and oxygen atoms in total. The molecule has 0 aliphatic heterocycles. The number of hydrogen-bond donors (Lipinski definition) is 5. The minimum absolute atomic E-state index is 0. The summed E-state index contributed by atoms with van der Waals surface area (Å²) in [6.07, 6.45) is -2.81. The summed E-state index contributed by atoms with van der Waals surface area (Å²) in [6, 6.07) is 0. The quantitative estimate of drug-likeness (QED) is 0.220. The van der Waals surface area contributed by atoms with Gasteiger partial charge in [0.2, 0.25) is 0 Å². The molecule has 0 unspecified atom stereocenters. The zero-order valence-corrected chi connectivity index (χ0v) is 9.03. The molecule has 0 rings (SSSR count). The molecule has 104 valence electrons.